The van der Waals surface area contributed by atoms with Crippen LogP contribution in [0, 0.1) is 5.41 Å². The second kappa shape index (κ2) is 3.72. The van der Waals surface area contributed by atoms with Crippen LogP contribution in [0.25, 0.3) is 0 Å². The van der Waals surface area contributed by atoms with E-state index in [0.717, 1.165) is 25.8 Å². The number of carbonyl (C=O) groups is 2. The third kappa shape index (κ3) is 2.06. The quantitative estimate of drug-likeness (QED) is 0.619. The largest absolute Gasteiger partial charge is 0.465 e. The van der Waals surface area contributed by atoms with Gasteiger partial charge in [-0.2, -0.15) is 0 Å². The maximum Gasteiger partial charge on any atom is 0.407 e. The van der Waals surface area contributed by atoms with E-state index in [-0.39, 0.29) is 11.3 Å². The van der Waals surface area contributed by atoms with E-state index >= 15 is 0 Å². The molecule has 2 saturated heterocycles. The van der Waals surface area contributed by atoms with Gasteiger partial charge in [-0.3, -0.25) is 4.79 Å². The lowest BCUT2D eigenvalue weighted by Gasteiger charge is -2.42. The van der Waals surface area contributed by atoms with Gasteiger partial charge in [-0.25, -0.2) is 4.79 Å². The van der Waals surface area contributed by atoms with Gasteiger partial charge in [0.1, 0.15) is 0 Å². The number of piperidine rings is 2. The zero-order valence-electron chi connectivity index (χ0n) is 8.66. The van der Waals surface area contributed by atoms with Crippen LogP contribution in [0.5, 0.6) is 0 Å². The number of hydrogen-bond donors (Lipinski definition) is 2. The van der Waals surface area contributed by atoms with Gasteiger partial charge in [-0.1, -0.05) is 0 Å². The van der Waals surface area contributed by atoms with Gasteiger partial charge in [0.15, 0.2) is 0 Å². The number of nitrogens with one attached hydrogen (secondary N) is 1. The fraction of sp³-hybridized carbons (Fsp3) is 0.800. The Balaban J connectivity index is 1.96. The van der Waals surface area contributed by atoms with Crippen molar-refractivity contribution in [3.8, 4) is 0 Å². The summed E-state index contributed by atoms with van der Waals surface area (Å²) in [6.45, 7) is 1.89. The topological polar surface area (TPSA) is 69.6 Å². The Hall–Kier alpha value is -1.26. The molecule has 0 aromatic heterocycles. The number of likely N-dealkylation sites (tertiary alicyclic amines) is 1. The van der Waals surface area contributed by atoms with Crippen LogP contribution in [-0.2, 0) is 4.79 Å². The van der Waals surface area contributed by atoms with Crippen LogP contribution in [0.15, 0.2) is 0 Å². The van der Waals surface area contributed by atoms with Crippen molar-refractivity contribution in [1.29, 1.82) is 0 Å². The SMILES string of the molecule is O=C1CC2(CCN1)CCN(C(=O)O)CC2. The molecule has 84 valence electrons. The lowest BCUT2D eigenvalue weighted by molar-refractivity contribution is -0.126. The van der Waals surface area contributed by atoms with E-state index in [0.29, 0.717) is 19.5 Å². The summed E-state index contributed by atoms with van der Waals surface area (Å²) in [6, 6.07) is 0. The molecule has 2 rings (SSSR count). The molecule has 0 radical (unpaired) electrons. The standard InChI is InChI=1S/C10H16N2O3/c13-8-7-10(1-4-11-8)2-5-12(6-3-10)9(14)15/h1-7H2,(H,11,13)(H,14,15). The minimum absolute atomic E-state index is 0.0777. The molecule has 2 aliphatic rings. The van der Waals surface area contributed by atoms with Crippen LogP contribution in [0.4, 0.5) is 4.79 Å². The monoisotopic (exact) mass is 212 g/mol. The summed E-state index contributed by atoms with van der Waals surface area (Å²) in [6.07, 6.45) is 2.37. The first-order valence-corrected chi connectivity index (χ1v) is 5.36. The summed E-state index contributed by atoms with van der Waals surface area (Å²) in [7, 11) is 0. The molecule has 2 fully saturated rings. The summed E-state index contributed by atoms with van der Waals surface area (Å²) >= 11 is 0. The summed E-state index contributed by atoms with van der Waals surface area (Å²) < 4.78 is 0. The van der Waals surface area contributed by atoms with Crippen molar-refractivity contribution in [1.82, 2.24) is 10.2 Å². The fourth-order valence-electron chi connectivity index (χ4n) is 2.56. The first-order chi connectivity index (χ1) is 7.11. The summed E-state index contributed by atoms with van der Waals surface area (Å²) in [5, 5.41) is 11.6. The minimum atomic E-state index is -0.842. The first-order valence-electron chi connectivity index (χ1n) is 5.36. The van der Waals surface area contributed by atoms with E-state index in [1.807, 2.05) is 0 Å². The summed E-state index contributed by atoms with van der Waals surface area (Å²) in [4.78, 5) is 23.5. The Morgan fingerprint density at radius 3 is 2.53 bits per heavy atom. The molecule has 0 saturated carbocycles. The van der Waals surface area contributed by atoms with E-state index in [1.165, 1.54) is 4.90 Å². The molecule has 0 atom stereocenters. The summed E-state index contributed by atoms with van der Waals surface area (Å²) in [5.74, 6) is 0.116. The van der Waals surface area contributed by atoms with E-state index in [9.17, 15) is 9.59 Å². The third-order valence-electron chi connectivity index (χ3n) is 3.61. The van der Waals surface area contributed by atoms with E-state index in [2.05, 4.69) is 5.32 Å². The predicted octanol–water partition coefficient (Wildman–Crippen LogP) is 0.657. The van der Waals surface area contributed by atoms with Crippen molar-refractivity contribution in [2.24, 2.45) is 5.41 Å². The number of hydrogen-bond acceptors (Lipinski definition) is 2. The number of rotatable bonds is 0. The molecule has 0 aromatic carbocycles. The van der Waals surface area contributed by atoms with Gasteiger partial charge in [0.25, 0.3) is 0 Å². The van der Waals surface area contributed by atoms with Gasteiger partial charge < -0.3 is 15.3 Å². The van der Waals surface area contributed by atoms with E-state index < -0.39 is 6.09 Å². The lowest BCUT2D eigenvalue weighted by atomic mass is 9.71. The average Bonchev–Trinajstić information content (AvgIpc) is 2.18. The molecule has 2 amide bonds. The number of amides is 2. The molecule has 2 aliphatic heterocycles. The van der Waals surface area contributed by atoms with Crippen molar-refractivity contribution in [2.45, 2.75) is 25.7 Å². The smallest absolute Gasteiger partial charge is 0.407 e. The Bertz CT molecular complexity index is 282. The lowest BCUT2D eigenvalue weighted by Crippen LogP contribution is -2.48. The Labute approximate surface area is 88.4 Å². The van der Waals surface area contributed by atoms with Crippen molar-refractivity contribution in [2.75, 3.05) is 19.6 Å². The van der Waals surface area contributed by atoms with Gasteiger partial charge >= 0.3 is 6.09 Å². The Morgan fingerprint density at radius 2 is 2.00 bits per heavy atom. The zero-order chi connectivity index (χ0) is 10.9. The maximum atomic E-state index is 11.3. The van der Waals surface area contributed by atoms with Crippen LogP contribution < -0.4 is 5.32 Å². The van der Waals surface area contributed by atoms with Gasteiger partial charge in [-0.05, 0) is 24.7 Å². The molecule has 0 unspecified atom stereocenters. The highest BCUT2D eigenvalue weighted by Crippen LogP contribution is 2.39. The summed E-state index contributed by atoms with van der Waals surface area (Å²) in [5.41, 5.74) is 0.0777. The first kappa shape index (κ1) is 10.3. The van der Waals surface area contributed by atoms with Crippen molar-refractivity contribution in [3.05, 3.63) is 0 Å². The number of carboxylic acid groups (broad SMARTS) is 1. The van der Waals surface area contributed by atoms with E-state index in [4.69, 9.17) is 5.11 Å². The molecule has 5 nitrogen and oxygen atoms in total. The molecule has 2 heterocycles. The predicted molar refractivity (Wildman–Crippen MR) is 53.5 cm³/mol. The molecule has 1 spiro atoms. The van der Waals surface area contributed by atoms with Gasteiger partial charge in [0.2, 0.25) is 5.91 Å². The molecule has 0 bridgehead atoms. The Morgan fingerprint density at radius 1 is 1.33 bits per heavy atom. The Kier molecular flexibility index (Phi) is 2.54. The second-order valence-electron chi connectivity index (χ2n) is 4.55. The van der Waals surface area contributed by atoms with Gasteiger partial charge in [-0.15, -0.1) is 0 Å². The van der Waals surface area contributed by atoms with E-state index in [1.54, 1.807) is 0 Å². The van der Waals surface area contributed by atoms with Crippen LogP contribution >= 0.6 is 0 Å². The highest BCUT2D eigenvalue weighted by Gasteiger charge is 2.39. The van der Waals surface area contributed by atoms with Gasteiger partial charge in [0.05, 0.1) is 0 Å². The molecular weight excluding hydrogens is 196 g/mol. The maximum absolute atomic E-state index is 11.3. The van der Waals surface area contributed by atoms with Crippen molar-refractivity contribution < 1.29 is 14.7 Å². The highest BCUT2D eigenvalue weighted by molar-refractivity contribution is 5.77. The molecule has 15 heavy (non-hydrogen) atoms. The molecule has 0 aliphatic carbocycles. The molecule has 5 heteroatoms. The fourth-order valence-corrected chi connectivity index (χ4v) is 2.56. The van der Waals surface area contributed by atoms with Crippen LogP contribution in [-0.4, -0.2) is 41.6 Å². The molecule has 0 aromatic rings. The second-order valence-corrected chi connectivity index (χ2v) is 4.55. The average molecular weight is 212 g/mol. The number of nitrogens with zero attached hydrogens (tertiary/aromatic N) is 1. The van der Waals surface area contributed by atoms with Crippen LogP contribution in [0.2, 0.25) is 0 Å². The highest BCUT2D eigenvalue weighted by atomic mass is 16.4. The molecule has 2 N–H and O–H groups in total. The normalized spacial score (nSPS) is 25.1. The van der Waals surface area contributed by atoms with Crippen LogP contribution in [0.3, 0.4) is 0 Å². The minimum Gasteiger partial charge on any atom is -0.465 e. The number of carbonyl (C=O) groups excluding carboxylic acids is 1. The van der Waals surface area contributed by atoms with Crippen molar-refractivity contribution >= 4 is 12.0 Å². The van der Waals surface area contributed by atoms with Crippen LogP contribution in [0.1, 0.15) is 25.7 Å². The third-order valence-corrected chi connectivity index (χ3v) is 3.61. The van der Waals surface area contributed by atoms with Crippen molar-refractivity contribution in [3.63, 3.8) is 0 Å². The molecular formula is C10H16N2O3. The zero-order valence-corrected chi connectivity index (χ0v) is 8.66. The van der Waals surface area contributed by atoms with Gasteiger partial charge in [0, 0.05) is 26.1 Å².